The number of esters is 1. The lowest BCUT2D eigenvalue weighted by atomic mass is 9.84. The van der Waals surface area contributed by atoms with E-state index in [1.807, 2.05) is 11.0 Å². The smallest absolute Gasteiger partial charge is 0.306 e. The quantitative estimate of drug-likeness (QED) is 0.790. The van der Waals surface area contributed by atoms with Crippen molar-refractivity contribution in [3.63, 3.8) is 0 Å². The highest BCUT2D eigenvalue weighted by Crippen LogP contribution is 2.36. The summed E-state index contributed by atoms with van der Waals surface area (Å²) in [5.74, 6) is -0.223. The van der Waals surface area contributed by atoms with Gasteiger partial charge in [-0.2, -0.15) is 0 Å². The van der Waals surface area contributed by atoms with Crippen LogP contribution in [0.5, 0.6) is 0 Å². The summed E-state index contributed by atoms with van der Waals surface area (Å²) in [5, 5.41) is 0.595. The second kappa shape index (κ2) is 6.91. The monoisotopic (exact) mass is 335 g/mol. The second-order valence-electron chi connectivity index (χ2n) is 6.46. The summed E-state index contributed by atoms with van der Waals surface area (Å²) in [5.41, 5.74) is 1.56. The first kappa shape index (κ1) is 16.3. The minimum atomic E-state index is -0.251. The molecule has 0 N–H and O–H groups in total. The average Bonchev–Trinajstić information content (AvgIpc) is 2.57. The van der Waals surface area contributed by atoms with Crippen molar-refractivity contribution in [2.45, 2.75) is 50.5 Å². The zero-order valence-electron chi connectivity index (χ0n) is 13.4. The zero-order chi connectivity index (χ0) is 16.4. The molecule has 0 saturated heterocycles. The van der Waals surface area contributed by atoms with E-state index in [2.05, 4.69) is 0 Å². The van der Waals surface area contributed by atoms with E-state index in [1.54, 1.807) is 12.1 Å². The number of benzene rings is 1. The van der Waals surface area contributed by atoms with Gasteiger partial charge in [0.25, 0.3) is 5.91 Å². The van der Waals surface area contributed by atoms with Crippen LogP contribution in [0.25, 0.3) is 0 Å². The van der Waals surface area contributed by atoms with Crippen LogP contribution in [0.2, 0.25) is 5.02 Å². The van der Waals surface area contributed by atoms with Gasteiger partial charge < -0.3 is 9.64 Å². The molecule has 0 aromatic heterocycles. The highest BCUT2D eigenvalue weighted by molar-refractivity contribution is 6.30. The molecule has 1 aromatic rings. The van der Waals surface area contributed by atoms with E-state index in [-0.39, 0.29) is 24.2 Å². The summed E-state index contributed by atoms with van der Waals surface area (Å²) in [7, 11) is 1.40. The van der Waals surface area contributed by atoms with E-state index >= 15 is 0 Å². The van der Waals surface area contributed by atoms with Gasteiger partial charge >= 0.3 is 5.97 Å². The minimum Gasteiger partial charge on any atom is -0.469 e. The van der Waals surface area contributed by atoms with Crippen molar-refractivity contribution in [3.05, 3.63) is 34.3 Å². The van der Waals surface area contributed by atoms with E-state index in [1.165, 1.54) is 26.4 Å². The molecule has 1 atom stereocenters. The van der Waals surface area contributed by atoms with E-state index < -0.39 is 0 Å². The molecule has 1 saturated carbocycles. The van der Waals surface area contributed by atoms with Gasteiger partial charge in [-0.1, -0.05) is 30.9 Å². The maximum atomic E-state index is 12.9. The highest BCUT2D eigenvalue weighted by Gasteiger charge is 2.36. The molecular weight excluding hydrogens is 314 g/mol. The third-order valence-corrected chi connectivity index (χ3v) is 5.25. The lowest BCUT2D eigenvalue weighted by Gasteiger charge is -2.40. The van der Waals surface area contributed by atoms with Crippen molar-refractivity contribution in [2.24, 2.45) is 0 Å². The van der Waals surface area contributed by atoms with Gasteiger partial charge in [-0.05, 0) is 36.6 Å². The molecule has 0 radical (unpaired) electrons. The van der Waals surface area contributed by atoms with Crippen molar-refractivity contribution in [1.29, 1.82) is 0 Å². The number of amides is 1. The van der Waals surface area contributed by atoms with E-state index in [0.29, 0.717) is 23.2 Å². The van der Waals surface area contributed by atoms with Crippen molar-refractivity contribution < 1.29 is 14.3 Å². The van der Waals surface area contributed by atoms with Crippen molar-refractivity contribution in [1.82, 2.24) is 4.90 Å². The molecule has 0 spiro atoms. The Morgan fingerprint density at radius 3 is 2.74 bits per heavy atom. The fourth-order valence-electron chi connectivity index (χ4n) is 3.81. The maximum Gasteiger partial charge on any atom is 0.306 e. The Bertz CT molecular complexity index is 610. The molecule has 3 rings (SSSR count). The van der Waals surface area contributed by atoms with Gasteiger partial charge in [0, 0.05) is 29.1 Å². The normalized spacial score (nSPS) is 21.9. The number of rotatable bonds is 3. The van der Waals surface area contributed by atoms with E-state index in [0.717, 1.165) is 18.4 Å². The summed E-state index contributed by atoms with van der Waals surface area (Å²) in [6.45, 7) is 0.575. The molecule has 1 heterocycles. The summed E-state index contributed by atoms with van der Waals surface area (Å²) in [6.07, 6.45) is 5.98. The molecule has 1 aliphatic carbocycles. The molecule has 0 bridgehead atoms. The second-order valence-corrected chi connectivity index (χ2v) is 6.89. The number of hydrogen-bond acceptors (Lipinski definition) is 3. The van der Waals surface area contributed by atoms with Gasteiger partial charge in [0.05, 0.1) is 13.5 Å². The van der Waals surface area contributed by atoms with Crippen LogP contribution in [-0.2, 0) is 9.53 Å². The van der Waals surface area contributed by atoms with Crippen LogP contribution in [0.15, 0.2) is 18.2 Å². The van der Waals surface area contributed by atoms with Gasteiger partial charge in [0.1, 0.15) is 0 Å². The van der Waals surface area contributed by atoms with Gasteiger partial charge in [-0.25, -0.2) is 0 Å². The standard InChI is InChI=1S/C18H22ClNO3/c1-23-17(21)9-12-11-20(14-5-3-2-4-6-14)18(22)15-8-7-13(19)10-16(12)15/h7-8,10,12,14H,2-6,9,11H2,1H3. The fraction of sp³-hybridized carbons (Fsp3) is 0.556. The van der Waals surface area contributed by atoms with Gasteiger partial charge in [0.2, 0.25) is 0 Å². The maximum absolute atomic E-state index is 12.9. The Kier molecular flexibility index (Phi) is 4.90. The van der Waals surface area contributed by atoms with Crippen molar-refractivity contribution in [2.75, 3.05) is 13.7 Å². The highest BCUT2D eigenvalue weighted by atomic mass is 35.5. The molecular formula is C18H22ClNO3. The van der Waals surface area contributed by atoms with Gasteiger partial charge in [0.15, 0.2) is 0 Å². The topological polar surface area (TPSA) is 46.6 Å². The largest absolute Gasteiger partial charge is 0.469 e. The first-order chi connectivity index (χ1) is 11.1. The Morgan fingerprint density at radius 2 is 2.04 bits per heavy atom. The van der Waals surface area contributed by atoms with Crippen molar-refractivity contribution in [3.8, 4) is 0 Å². The summed E-state index contributed by atoms with van der Waals surface area (Å²) >= 11 is 6.10. The van der Waals surface area contributed by atoms with Crippen LogP contribution < -0.4 is 0 Å². The molecule has 1 aromatic carbocycles. The molecule has 1 fully saturated rings. The fourth-order valence-corrected chi connectivity index (χ4v) is 3.99. The third kappa shape index (κ3) is 3.37. The van der Waals surface area contributed by atoms with Crippen LogP contribution in [0.3, 0.4) is 0 Å². The molecule has 2 aliphatic rings. The number of carbonyl (C=O) groups is 2. The Balaban J connectivity index is 1.92. The lowest BCUT2D eigenvalue weighted by molar-refractivity contribution is -0.141. The predicted molar refractivity (Wildman–Crippen MR) is 88.7 cm³/mol. The molecule has 1 unspecified atom stereocenters. The molecule has 1 amide bonds. The van der Waals surface area contributed by atoms with Crippen LogP contribution >= 0.6 is 11.6 Å². The Morgan fingerprint density at radius 1 is 1.30 bits per heavy atom. The van der Waals surface area contributed by atoms with Crippen molar-refractivity contribution >= 4 is 23.5 Å². The van der Waals surface area contributed by atoms with E-state index in [9.17, 15) is 9.59 Å². The number of carbonyl (C=O) groups excluding carboxylic acids is 2. The number of nitrogens with zero attached hydrogens (tertiary/aromatic N) is 1. The number of hydrogen-bond donors (Lipinski definition) is 0. The van der Waals surface area contributed by atoms with Gasteiger partial charge in [-0.3, -0.25) is 9.59 Å². The first-order valence-corrected chi connectivity index (χ1v) is 8.65. The van der Waals surface area contributed by atoms with E-state index in [4.69, 9.17) is 16.3 Å². The van der Waals surface area contributed by atoms with Crippen LogP contribution in [0, 0.1) is 0 Å². The van der Waals surface area contributed by atoms with Gasteiger partial charge in [-0.15, -0.1) is 0 Å². The molecule has 5 heteroatoms. The minimum absolute atomic E-state index is 0.0456. The average molecular weight is 336 g/mol. The number of fused-ring (bicyclic) bond motifs is 1. The summed E-state index contributed by atoms with van der Waals surface area (Å²) in [6, 6.07) is 5.65. The Hall–Kier alpha value is -1.55. The first-order valence-electron chi connectivity index (χ1n) is 8.27. The van der Waals surface area contributed by atoms with Crippen LogP contribution in [-0.4, -0.2) is 36.5 Å². The lowest BCUT2D eigenvalue weighted by Crippen LogP contribution is -2.47. The summed E-state index contributed by atoms with van der Waals surface area (Å²) in [4.78, 5) is 26.7. The SMILES string of the molecule is COC(=O)CC1CN(C2CCCCC2)C(=O)c2ccc(Cl)cc21. The number of methoxy groups -OCH3 is 1. The molecule has 1 aliphatic heterocycles. The molecule has 4 nitrogen and oxygen atoms in total. The molecule has 124 valence electrons. The third-order valence-electron chi connectivity index (χ3n) is 5.02. The van der Waals surface area contributed by atoms with Crippen LogP contribution in [0.4, 0.5) is 0 Å². The Labute approximate surface area is 141 Å². The number of ether oxygens (including phenoxy) is 1. The predicted octanol–water partition coefficient (Wildman–Crippen LogP) is 3.78. The van der Waals surface area contributed by atoms with Crippen LogP contribution in [0.1, 0.15) is 60.4 Å². The molecule has 23 heavy (non-hydrogen) atoms. The number of halogens is 1. The zero-order valence-corrected chi connectivity index (χ0v) is 14.1. The summed E-state index contributed by atoms with van der Waals surface area (Å²) < 4.78 is 4.83.